The zero-order valence-corrected chi connectivity index (χ0v) is 17.5. The first-order valence-electron chi connectivity index (χ1n) is 11.4. The fraction of sp³-hybridized carbons (Fsp3) is 0.739. The molecule has 1 saturated carbocycles. The van der Waals surface area contributed by atoms with E-state index in [-0.39, 0.29) is 17.6 Å². The Balaban J connectivity index is 1.53. The number of fused-ring (bicyclic) bond motifs is 1. The summed E-state index contributed by atoms with van der Waals surface area (Å²) in [5.41, 5.74) is 0.841. The van der Waals surface area contributed by atoms with Crippen LogP contribution in [0.15, 0.2) is 24.3 Å². The molecule has 3 fully saturated rings. The van der Waals surface area contributed by atoms with Crippen LogP contribution in [0.4, 0.5) is 13.2 Å². The van der Waals surface area contributed by atoms with Crippen molar-refractivity contribution in [1.82, 2.24) is 9.80 Å². The molecule has 3 aliphatic rings. The molecule has 0 amide bonds. The van der Waals surface area contributed by atoms with Crippen molar-refractivity contribution in [2.75, 3.05) is 32.7 Å². The van der Waals surface area contributed by atoms with E-state index in [1.807, 2.05) is 6.07 Å². The fourth-order valence-corrected chi connectivity index (χ4v) is 5.70. The monoisotopic (exact) mass is 426 g/mol. The molecule has 168 valence electrons. The highest BCUT2D eigenvalue weighted by Crippen LogP contribution is 2.39. The number of halogens is 3. The van der Waals surface area contributed by atoms with E-state index >= 15 is 0 Å². The molecule has 30 heavy (non-hydrogen) atoms. The molecular formula is C23H33F3N2O2. The van der Waals surface area contributed by atoms with E-state index in [2.05, 4.69) is 14.5 Å². The lowest BCUT2D eigenvalue weighted by molar-refractivity contribution is -0.274. The number of ether oxygens (including phenoxy) is 1. The van der Waals surface area contributed by atoms with Crippen molar-refractivity contribution in [2.24, 2.45) is 5.92 Å². The molecular weight excluding hydrogens is 393 g/mol. The highest BCUT2D eigenvalue weighted by Gasteiger charge is 2.36. The van der Waals surface area contributed by atoms with Gasteiger partial charge in [0.05, 0.1) is 6.10 Å². The number of aliphatic hydroxyl groups is 1. The quantitative estimate of drug-likeness (QED) is 0.758. The van der Waals surface area contributed by atoms with Gasteiger partial charge in [-0.3, -0.25) is 9.80 Å². The smallest absolute Gasteiger partial charge is 0.406 e. The van der Waals surface area contributed by atoms with Crippen LogP contribution in [0.1, 0.15) is 56.4 Å². The normalized spacial score (nSPS) is 29.9. The van der Waals surface area contributed by atoms with Gasteiger partial charge < -0.3 is 9.84 Å². The standard InChI is InChI=1S/C23H33F3N2O2/c24-23(25,26)30-19-8-5-6-17(14-19)21(20-9-1-2-10-22(20)29)16-27-12-13-28-11-4-3-7-18(28)15-27/h5-6,8,14,18,20-22,29H,1-4,7,9-13,15-16H2/t18?,20?,21-,22?/m1/s1. The molecule has 1 aromatic rings. The third-order valence-electron chi connectivity index (χ3n) is 7.19. The largest absolute Gasteiger partial charge is 0.573 e. The van der Waals surface area contributed by atoms with Crippen LogP contribution in [0.3, 0.4) is 0 Å². The molecule has 3 unspecified atom stereocenters. The van der Waals surface area contributed by atoms with Crippen molar-refractivity contribution in [2.45, 2.75) is 69.4 Å². The molecule has 2 saturated heterocycles. The van der Waals surface area contributed by atoms with Crippen molar-refractivity contribution >= 4 is 0 Å². The van der Waals surface area contributed by atoms with E-state index in [0.717, 1.165) is 57.4 Å². The van der Waals surface area contributed by atoms with Crippen LogP contribution in [0, 0.1) is 5.92 Å². The van der Waals surface area contributed by atoms with Gasteiger partial charge in [-0.1, -0.05) is 31.4 Å². The highest BCUT2D eigenvalue weighted by atomic mass is 19.4. The van der Waals surface area contributed by atoms with Gasteiger partial charge in [0.25, 0.3) is 0 Å². The Morgan fingerprint density at radius 2 is 1.83 bits per heavy atom. The predicted molar refractivity (Wildman–Crippen MR) is 109 cm³/mol. The van der Waals surface area contributed by atoms with Crippen LogP contribution in [0.2, 0.25) is 0 Å². The highest BCUT2D eigenvalue weighted by molar-refractivity contribution is 5.32. The summed E-state index contributed by atoms with van der Waals surface area (Å²) in [6.45, 7) is 5.01. The van der Waals surface area contributed by atoms with Crippen LogP contribution >= 0.6 is 0 Å². The van der Waals surface area contributed by atoms with E-state index < -0.39 is 12.5 Å². The molecule has 0 radical (unpaired) electrons. The molecule has 2 heterocycles. The Bertz CT molecular complexity index is 699. The molecule has 0 spiro atoms. The summed E-state index contributed by atoms with van der Waals surface area (Å²) in [6, 6.07) is 7.00. The number of piperazine rings is 1. The Kier molecular flexibility index (Phi) is 6.90. The first-order chi connectivity index (χ1) is 14.4. The van der Waals surface area contributed by atoms with Crippen LogP contribution in [0.5, 0.6) is 5.75 Å². The summed E-state index contributed by atoms with van der Waals surface area (Å²) in [6.07, 6.45) is 2.45. The van der Waals surface area contributed by atoms with Crippen LogP contribution < -0.4 is 4.74 Å². The van der Waals surface area contributed by atoms with Crippen LogP contribution in [-0.4, -0.2) is 66.1 Å². The van der Waals surface area contributed by atoms with Gasteiger partial charge in [-0.2, -0.15) is 0 Å². The topological polar surface area (TPSA) is 35.9 Å². The van der Waals surface area contributed by atoms with Gasteiger partial charge in [0.2, 0.25) is 0 Å². The average Bonchev–Trinajstić information content (AvgIpc) is 2.71. The van der Waals surface area contributed by atoms with E-state index in [4.69, 9.17) is 0 Å². The van der Waals surface area contributed by atoms with Gasteiger partial charge in [-0.15, -0.1) is 13.2 Å². The fourth-order valence-electron chi connectivity index (χ4n) is 5.70. The summed E-state index contributed by atoms with van der Waals surface area (Å²) < 4.78 is 42.4. The van der Waals surface area contributed by atoms with Gasteiger partial charge in [-0.05, 0) is 55.8 Å². The number of piperidine rings is 1. The molecule has 0 aromatic heterocycles. The van der Waals surface area contributed by atoms with E-state index in [1.165, 1.54) is 37.9 Å². The molecule has 1 aromatic carbocycles. The second kappa shape index (κ2) is 9.45. The van der Waals surface area contributed by atoms with Crippen LogP contribution in [0.25, 0.3) is 0 Å². The maximum absolute atomic E-state index is 12.7. The molecule has 1 N–H and O–H groups in total. The second-order valence-electron chi connectivity index (χ2n) is 9.19. The average molecular weight is 427 g/mol. The Morgan fingerprint density at radius 3 is 2.63 bits per heavy atom. The third kappa shape index (κ3) is 5.48. The van der Waals surface area contributed by atoms with Gasteiger partial charge in [0, 0.05) is 38.1 Å². The Labute approximate surface area is 177 Å². The second-order valence-corrected chi connectivity index (χ2v) is 9.19. The van der Waals surface area contributed by atoms with Crippen molar-refractivity contribution in [3.63, 3.8) is 0 Å². The lowest BCUT2D eigenvalue weighted by Gasteiger charge is -2.46. The van der Waals surface area contributed by atoms with Gasteiger partial charge in [0.15, 0.2) is 0 Å². The first kappa shape index (κ1) is 21.9. The molecule has 1 aliphatic carbocycles. The maximum atomic E-state index is 12.7. The van der Waals surface area contributed by atoms with Gasteiger partial charge in [-0.25, -0.2) is 0 Å². The number of alkyl halides is 3. The van der Waals surface area contributed by atoms with Gasteiger partial charge in [0.1, 0.15) is 5.75 Å². The summed E-state index contributed by atoms with van der Waals surface area (Å²) in [7, 11) is 0. The number of nitrogens with zero attached hydrogens (tertiary/aromatic N) is 2. The number of rotatable bonds is 5. The van der Waals surface area contributed by atoms with E-state index in [9.17, 15) is 18.3 Å². The number of aliphatic hydroxyl groups excluding tert-OH is 1. The number of benzene rings is 1. The van der Waals surface area contributed by atoms with E-state index in [1.54, 1.807) is 6.07 Å². The maximum Gasteiger partial charge on any atom is 0.573 e. The lowest BCUT2D eigenvalue weighted by Crippen LogP contribution is -2.55. The van der Waals surface area contributed by atoms with Crippen molar-refractivity contribution < 1.29 is 23.0 Å². The lowest BCUT2D eigenvalue weighted by atomic mass is 9.74. The Hall–Kier alpha value is -1.31. The Morgan fingerprint density at radius 1 is 1.03 bits per heavy atom. The van der Waals surface area contributed by atoms with Crippen molar-refractivity contribution in [3.8, 4) is 5.75 Å². The number of hydrogen-bond donors (Lipinski definition) is 1. The zero-order valence-electron chi connectivity index (χ0n) is 17.5. The van der Waals surface area contributed by atoms with Crippen molar-refractivity contribution in [1.29, 1.82) is 0 Å². The minimum atomic E-state index is -4.70. The molecule has 4 atom stereocenters. The summed E-state index contributed by atoms with van der Waals surface area (Å²) in [4.78, 5) is 5.05. The predicted octanol–water partition coefficient (Wildman–Crippen LogP) is 4.39. The SMILES string of the molecule is OC1CCCCC1[C@H](CN1CCN2CCCCC2C1)c1cccc(OC(F)(F)F)c1. The molecule has 7 heteroatoms. The minimum absolute atomic E-state index is 0.00669. The molecule has 4 nitrogen and oxygen atoms in total. The molecule has 4 rings (SSSR count). The number of hydrogen-bond acceptors (Lipinski definition) is 4. The zero-order chi connectivity index (χ0) is 21.1. The van der Waals surface area contributed by atoms with Gasteiger partial charge >= 0.3 is 6.36 Å². The molecule has 2 aliphatic heterocycles. The van der Waals surface area contributed by atoms with Crippen LogP contribution in [-0.2, 0) is 0 Å². The summed E-state index contributed by atoms with van der Waals surface area (Å²) in [5.74, 6) is -0.0936. The first-order valence-corrected chi connectivity index (χ1v) is 11.4. The van der Waals surface area contributed by atoms with E-state index in [0.29, 0.717) is 6.04 Å². The minimum Gasteiger partial charge on any atom is -0.406 e. The summed E-state index contributed by atoms with van der Waals surface area (Å²) >= 11 is 0. The summed E-state index contributed by atoms with van der Waals surface area (Å²) in [5, 5.41) is 10.7. The van der Waals surface area contributed by atoms with Crippen molar-refractivity contribution in [3.05, 3.63) is 29.8 Å². The third-order valence-corrected chi connectivity index (χ3v) is 7.19. The molecule has 0 bridgehead atoms.